The van der Waals surface area contributed by atoms with Crippen molar-refractivity contribution in [2.24, 2.45) is 0 Å². The van der Waals surface area contributed by atoms with Crippen LogP contribution in [0.5, 0.6) is 0 Å². The molecule has 13 heteroatoms. The SMILES string of the molecule is N#Cc1cn(CC(=O)O)cc1-c1cc(C(F)(F)F)cc(S(=O)(=O)N2CCN(c3ccncc3)CC2)c1. The second-order valence-electron chi connectivity index (χ2n) is 8.10. The highest BCUT2D eigenvalue weighted by Crippen LogP contribution is 2.36. The number of carboxylic acids is 1. The number of carboxylic acid groups (broad SMARTS) is 1. The number of anilines is 1. The van der Waals surface area contributed by atoms with E-state index < -0.39 is 39.2 Å². The summed E-state index contributed by atoms with van der Waals surface area (Å²) in [5.41, 5.74) is -0.560. The molecular weight excluding hydrogens is 499 g/mol. The molecule has 2 aromatic heterocycles. The molecule has 1 fully saturated rings. The van der Waals surface area contributed by atoms with E-state index in [0.717, 1.165) is 26.7 Å². The van der Waals surface area contributed by atoms with Crippen molar-refractivity contribution in [3.8, 4) is 17.2 Å². The fourth-order valence-corrected chi connectivity index (χ4v) is 5.53. The summed E-state index contributed by atoms with van der Waals surface area (Å²) in [5.74, 6) is -1.21. The minimum absolute atomic E-state index is 0.00352. The van der Waals surface area contributed by atoms with E-state index in [0.29, 0.717) is 19.2 Å². The summed E-state index contributed by atoms with van der Waals surface area (Å²) in [6.07, 6.45) is 0.780. The van der Waals surface area contributed by atoms with Gasteiger partial charge < -0.3 is 14.6 Å². The van der Waals surface area contributed by atoms with Crippen LogP contribution in [0, 0.1) is 11.3 Å². The molecule has 0 saturated carbocycles. The number of rotatable bonds is 6. The lowest BCUT2D eigenvalue weighted by atomic mass is 10.0. The molecule has 1 aliphatic heterocycles. The zero-order chi connectivity index (χ0) is 26.1. The molecule has 0 spiro atoms. The molecule has 9 nitrogen and oxygen atoms in total. The molecule has 188 valence electrons. The quantitative estimate of drug-likeness (QED) is 0.532. The Kier molecular flexibility index (Phi) is 6.75. The van der Waals surface area contributed by atoms with Gasteiger partial charge in [-0.2, -0.15) is 22.7 Å². The van der Waals surface area contributed by atoms with Gasteiger partial charge in [-0.05, 0) is 35.9 Å². The van der Waals surface area contributed by atoms with Gasteiger partial charge in [-0.25, -0.2) is 8.42 Å². The van der Waals surface area contributed by atoms with Crippen molar-refractivity contribution in [3.05, 3.63) is 66.2 Å². The lowest BCUT2D eigenvalue weighted by Gasteiger charge is -2.35. The highest BCUT2D eigenvalue weighted by molar-refractivity contribution is 7.89. The van der Waals surface area contributed by atoms with Gasteiger partial charge in [-0.3, -0.25) is 9.78 Å². The summed E-state index contributed by atoms with van der Waals surface area (Å²) in [6.45, 7) is 0.293. The van der Waals surface area contributed by atoms with E-state index in [2.05, 4.69) is 4.98 Å². The molecule has 36 heavy (non-hydrogen) atoms. The molecule has 0 radical (unpaired) electrons. The Bertz CT molecular complexity index is 1420. The minimum Gasteiger partial charge on any atom is -0.480 e. The van der Waals surface area contributed by atoms with Gasteiger partial charge in [-0.1, -0.05) is 0 Å². The summed E-state index contributed by atoms with van der Waals surface area (Å²) >= 11 is 0. The molecule has 0 atom stereocenters. The molecule has 0 amide bonds. The van der Waals surface area contributed by atoms with E-state index in [9.17, 15) is 31.6 Å². The Morgan fingerprint density at radius 2 is 1.75 bits per heavy atom. The molecule has 1 aliphatic rings. The van der Waals surface area contributed by atoms with Crippen molar-refractivity contribution in [1.29, 1.82) is 5.26 Å². The van der Waals surface area contributed by atoms with E-state index >= 15 is 0 Å². The second kappa shape index (κ2) is 9.63. The Balaban J connectivity index is 1.70. The normalized spacial score (nSPS) is 15.0. The molecule has 0 unspecified atom stereocenters. The number of alkyl halides is 3. The van der Waals surface area contributed by atoms with Crippen LogP contribution in [0.25, 0.3) is 11.1 Å². The average molecular weight is 520 g/mol. The van der Waals surface area contributed by atoms with Crippen molar-refractivity contribution in [1.82, 2.24) is 13.9 Å². The Labute approximate surface area is 204 Å². The van der Waals surface area contributed by atoms with E-state index in [1.807, 2.05) is 11.0 Å². The van der Waals surface area contributed by atoms with Crippen LogP contribution < -0.4 is 4.90 Å². The maximum Gasteiger partial charge on any atom is 0.416 e. The highest BCUT2D eigenvalue weighted by atomic mass is 32.2. The van der Waals surface area contributed by atoms with Gasteiger partial charge in [0.1, 0.15) is 12.6 Å². The number of hydrogen-bond donors (Lipinski definition) is 1. The van der Waals surface area contributed by atoms with E-state index in [1.165, 1.54) is 12.4 Å². The zero-order valence-electron chi connectivity index (χ0n) is 18.7. The predicted molar refractivity (Wildman–Crippen MR) is 122 cm³/mol. The number of benzene rings is 1. The monoisotopic (exact) mass is 519 g/mol. The number of carbonyl (C=O) groups is 1. The third-order valence-electron chi connectivity index (χ3n) is 5.77. The number of aliphatic carboxylic acids is 1. The molecule has 1 saturated heterocycles. The lowest BCUT2D eigenvalue weighted by molar-refractivity contribution is -0.138. The van der Waals surface area contributed by atoms with Crippen LogP contribution in [0.2, 0.25) is 0 Å². The van der Waals surface area contributed by atoms with Gasteiger partial charge in [0.05, 0.1) is 16.0 Å². The molecule has 3 heterocycles. The second-order valence-corrected chi connectivity index (χ2v) is 10.0. The van der Waals surface area contributed by atoms with Gasteiger partial charge >= 0.3 is 12.1 Å². The molecule has 0 bridgehead atoms. The van der Waals surface area contributed by atoms with Gasteiger partial charge in [0.15, 0.2) is 0 Å². The zero-order valence-corrected chi connectivity index (χ0v) is 19.5. The van der Waals surface area contributed by atoms with Crippen LogP contribution in [-0.2, 0) is 27.5 Å². The summed E-state index contributed by atoms with van der Waals surface area (Å²) in [6, 6.07) is 7.81. The predicted octanol–water partition coefficient (Wildman–Crippen LogP) is 3.04. The fourth-order valence-electron chi connectivity index (χ4n) is 4.03. The van der Waals surface area contributed by atoms with Crippen LogP contribution in [-0.4, -0.2) is 59.5 Å². The Morgan fingerprint density at radius 3 is 2.33 bits per heavy atom. The molecular formula is C23H20F3N5O4S. The average Bonchev–Trinajstić information content (AvgIpc) is 3.26. The van der Waals surface area contributed by atoms with Crippen molar-refractivity contribution < 1.29 is 31.5 Å². The Morgan fingerprint density at radius 1 is 1.08 bits per heavy atom. The van der Waals surface area contributed by atoms with Gasteiger partial charge in [0.2, 0.25) is 10.0 Å². The first-order valence-corrected chi connectivity index (χ1v) is 12.1. The van der Waals surface area contributed by atoms with Crippen molar-refractivity contribution in [2.45, 2.75) is 17.6 Å². The van der Waals surface area contributed by atoms with Crippen LogP contribution in [0.4, 0.5) is 18.9 Å². The summed E-state index contributed by atoms with van der Waals surface area (Å²) in [4.78, 5) is 16.4. The largest absolute Gasteiger partial charge is 0.480 e. The van der Waals surface area contributed by atoms with Gasteiger partial charge in [0.25, 0.3) is 0 Å². The van der Waals surface area contributed by atoms with E-state index in [-0.39, 0.29) is 29.8 Å². The summed E-state index contributed by atoms with van der Waals surface area (Å²) in [7, 11) is -4.30. The molecule has 0 aliphatic carbocycles. The molecule has 1 aromatic carbocycles. The van der Waals surface area contributed by atoms with E-state index in [4.69, 9.17) is 5.11 Å². The number of hydrogen-bond acceptors (Lipinski definition) is 6. The molecule has 1 N–H and O–H groups in total. The first kappa shape index (κ1) is 25.2. The van der Waals surface area contributed by atoms with Crippen LogP contribution in [0.3, 0.4) is 0 Å². The number of piperazine rings is 1. The number of pyridine rings is 1. The van der Waals surface area contributed by atoms with Crippen LogP contribution in [0.15, 0.2) is 60.0 Å². The number of aromatic nitrogens is 2. The summed E-state index contributed by atoms with van der Waals surface area (Å²) in [5, 5.41) is 18.4. The smallest absolute Gasteiger partial charge is 0.416 e. The van der Waals surface area contributed by atoms with E-state index in [1.54, 1.807) is 24.5 Å². The van der Waals surface area contributed by atoms with Crippen molar-refractivity contribution in [2.75, 3.05) is 31.1 Å². The van der Waals surface area contributed by atoms with Crippen LogP contribution >= 0.6 is 0 Å². The first-order valence-electron chi connectivity index (χ1n) is 10.7. The highest BCUT2D eigenvalue weighted by Gasteiger charge is 2.35. The first-order chi connectivity index (χ1) is 17.0. The molecule has 3 aromatic rings. The summed E-state index contributed by atoms with van der Waals surface area (Å²) < 4.78 is 70.2. The number of nitriles is 1. The topological polar surface area (TPSA) is 120 Å². The maximum atomic E-state index is 13.7. The third kappa shape index (κ3) is 5.19. The third-order valence-corrected chi connectivity index (χ3v) is 7.64. The Hall–Kier alpha value is -3.89. The van der Waals surface area contributed by atoms with Crippen LogP contribution in [0.1, 0.15) is 11.1 Å². The number of sulfonamides is 1. The molecule has 4 rings (SSSR count). The van der Waals surface area contributed by atoms with Gasteiger partial charge in [-0.15, -0.1) is 0 Å². The van der Waals surface area contributed by atoms with Crippen molar-refractivity contribution in [3.63, 3.8) is 0 Å². The standard InChI is InChI=1S/C23H20F3N5O4S/c24-23(25,26)18-9-16(21-14-29(15-22(32)33)13-17(21)12-27)10-20(11-18)36(34,35)31-7-5-30(6-8-31)19-1-3-28-4-2-19/h1-4,9-11,13-14H,5-8,15H2,(H,32,33). The van der Waals surface area contributed by atoms with Gasteiger partial charge in [0, 0.05) is 62.2 Å². The lowest BCUT2D eigenvalue weighted by Crippen LogP contribution is -2.48. The number of halogens is 3. The maximum absolute atomic E-state index is 13.7. The van der Waals surface area contributed by atoms with Crippen molar-refractivity contribution >= 4 is 21.7 Å². The fraction of sp³-hybridized carbons (Fsp3) is 0.261. The minimum atomic E-state index is -4.85. The number of nitrogens with zero attached hydrogens (tertiary/aromatic N) is 5.